The van der Waals surface area contributed by atoms with E-state index in [0.29, 0.717) is 19.4 Å². The Balaban J connectivity index is 0.00000484. The summed E-state index contributed by atoms with van der Waals surface area (Å²) in [5, 5.41) is 11.1. The van der Waals surface area contributed by atoms with E-state index in [1.54, 1.807) is 0 Å². The first kappa shape index (κ1) is 22.9. The fraction of sp³-hybridized carbons (Fsp3) is 0.889. The van der Waals surface area contributed by atoms with Crippen molar-refractivity contribution in [2.75, 3.05) is 6.61 Å². The van der Waals surface area contributed by atoms with Crippen molar-refractivity contribution in [3.63, 3.8) is 0 Å². The maximum Gasteiger partial charge on any atom is 1.00 e. The molecule has 1 fully saturated rings. The third kappa shape index (κ3) is 9.73. The molecule has 0 spiro atoms. The molecule has 0 saturated heterocycles. The summed E-state index contributed by atoms with van der Waals surface area (Å²) in [5.41, 5.74) is 0. The molecular formula is C18H31NaO4. The van der Waals surface area contributed by atoms with Crippen LogP contribution < -0.4 is 34.7 Å². The minimum absolute atomic E-state index is 0. The normalized spacial score (nSPS) is 20.6. The maximum atomic E-state index is 12.0. The van der Waals surface area contributed by atoms with Crippen molar-refractivity contribution in [1.82, 2.24) is 0 Å². The van der Waals surface area contributed by atoms with Crippen LogP contribution in [0.1, 0.15) is 84.0 Å². The monoisotopic (exact) mass is 334 g/mol. The Morgan fingerprint density at radius 2 is 1.43 bits per heavy atom. The van der Waals surface area contributed by atoms with Crippen molar-refractivity contribution in [3.8, 4) is 0 Å². The van der Waals surface area contributed by atoms with Crippen LogP contribution in [0.5, 0.6) is 0 Å². The molecule has 2 unspecified atom stereocenters. The smallest absolute Gasteiger partial charge is 0.550 e. The van der Waals surface area contributed by atoms with Gasteiger partial charge < -0.3 is 14.6 Å². The minimum Gasteiger partial charge on any atom is -0.550 e. The number of esters is 1. The molecule has 128 valence electrons. The summed E-state index contributed by atoms with van der Waals surface area (Å²) >= 11 is 0. The van der Waals surface area contributed by atoms with E-state index in [4.69, 9.17) is 4.74 Å². The molecule has 0 aromatic rings. The van der Waals surface area contributed by atoms with Crippen molar-refractivity contribution in [2.24, 2.45) is 11.8 Å². The van der Waals surface area contributed by atoms with Crippen LogP contribution in [0.4, 0.5) is 0 Å². The van der Waals surface area contributed by atoms with Crippen molar-refractivity contribution in [2.45, 2.75) is 84.0 Å². The largest absolute Gasteiger partial charge is 1.00 e. The van der Waals surface area contributed by atoms with E-state index in [0.717, 1.165) is 25.7 Å². The van der Waals surface area contributed by atoms with Crippen molar-refractivity contribution in [1.29, 1.82) is 0 Å². The predicted molar refractivity (Wildman–Crippen MR) is 84.0 cm³/mol. The number of carboxylic acids is 1. The van der Waals surface area contributed by atoms with E-state index >= 15 is 0 Å². The summed E-state index contributed by atoms with van der Waals surface area (Å²) in [6.07, 6.45) is 12.5. The van der Waals surface area contributed by atoms with Gasteiger partial charge in [-0.15, -0.1) is 0 Å². The van der Waals surface area contributed by atoms with E-state index < -0.39 is 17.8 Å². The van der Waals surface area contributed by atoms with Crippen LogP contribution in [0.2, 0.25) is 0 Å². The Morgan fingerprint density at radius 3 is 2.00 bits per heavy atom. The van der Waals surface area contributed by atoms with Crippen LogP contribution >= 0.6 is 0 Å². The van der Waals surface area contributed by atoms with Gasteiger partial charge in [0, 0.05) is 11.9 Å². The van der Waals surface area contributed by atoms with Gasteiger partial charge in [-0.1, -0.05) is 64.7 Å². The number of hydrogen-bond donors (Lipinski definition) is 0. The van der Waals surface area contributed by atoms with E-state index in [9.17, 15) is 14.7 Å². The number of ether oxygens (including phenoxy) is 1. The molecule has 23 heavy (non-hydrogen) atoms. The van der Waals surface area contributed by atoms with Gasteiger partial charge in [0.25, 0.3) is 0 Å². The van der Waals surface area contributed by atoms with Crippen molar-refractivity contribution < 1.29 is 49.0 Å². The van der Waals surface area contributed by atoms with Crippen LogP contribution in [-0.4, -0.2) is 18.5 Å². The van der Waals surface area contributed by atoms with Gasteiger partial charge in [-0.25, -0.2) is 0 Å². The molecule has 5 heteroatoms. The zero-order chi connectivity index (χ0) is 16.2. The Kier molecular flexibility index (Phi) is 14.3. The molecule has 1 rings (SSSR count). The second-order valence-corrected chi connectivity index (χ2v) is 6.46. The predicted octanol–water partition coefficient (Wildman–Crippen LogP) is 0.231. The number of unbranched alkanes of at least 4 members (excludes halogenated alkanes) is 7. The van der Waals surface area contributed by atoms with Crippen LogP contribution in [0.25, 0.3) is 0 Å². The van der Waals surface area contributed by atoms with Gasteiger partial charge in [0.1, 0.15) is 0 Å². The summed E-state index contributed by atoms with van der Waals surface area (Å²) in [7, 11) is 0. The van der Waals surface area contributed by atoms with Gasteiger partial charge in [0.05, 0.1) is 12.5 Å². The number of aliphatic carboxylic acids is 1. The third-order valence-electron chi connectivity index (χ3n) is 4.61. The topological polar surface area (TPSA) is 66.4 Å². The Bertz CT molecular complexity index is 333. The van der Waals surface area contributed by atoms with Crippen LogP contribution in [0, 0.1) is 11.8 Å². The second-order valence-electron chi connectivity index (χ2n) is 6.46. The first-order valence-electron chi connectivity index (χ1n) is 9.04. The standard InChI is InChI=1S/C18H32O4.Na/c1-2-3-4-5-6-7-8-11-14-22-18(21)16-13-10-9-12-15(16)17(19)20;/h15-16H,2-14H2,1H3,(H,19,20);/q;+1/p-1. The van der Waals surface area contributed by atoms with E-state index in [1.807, 2.05) is 0 Å². The molecule has 1 aliphatic rings. The number of rotatable bonds is 11. The summed E-state index contributed by atoms with van der Waals surface area (Å²) in [4.78, 5) is 23.1. The molecule has 1 saturated carbocycles. The van der Waals surface area contributed by atoms with Gasteiger partial charge in [0.15, 0.2) is 0 Å². The quantitative estimate of drug-likeness (QED) is 0.308. The van der Waals surface area contributed by atoms with Gasteiger partial charge in [-0.2, -0.15) is 0 Å². The third-order valence-corrected chi connectivity index (χ3v) is 4.61. The molecule has 0 aromatic heterocycles. The molecule has 0 aromatic carbocycles. The van der Waals surface area contributed by atoms with Crippen LogP contribution in [0.15, 0.2) is 0 Å². The number of carbonyl (C=O) groups excluding carboxylic acids is 2. The maximum absolute atomic E-state index is 12.0. The summed E-state index contributed by atoms with van der Waals surface area (Å²) in [5.74, 6) is -2.59. The zero-order valence-corrected chi connectivity index (χ0v) is 17.0. The van der Waals surface area contributed by atoms with Gasteiger partial charge in [-0.3, -0.25) is 4.79 Å². The first-order chi connectivity index (χ1) is 10.7. The van der Waals surface area contributed by atoms with Crippen LogP contribution in [-0.2, 0) is 14.3 Å². The first-order valence-corrected chi connectivity index (χ1v) is 9.04. The SMILES string of the molecule is CCCCCCCCCCOC(=O)C1CCCCC1C(=O)[O-].[Na+]. The second kappa shape index (κ2) is 14.3. The van der Waals surface area contributed by atoms with E-state index in [1.165, 1.54) is 38.5 Å². The molecule has 0 bridgehead atoms. The molecule has 1 aliphatic carbocycles. The Morgan fingerprint density at radius 1 is 0.913 bits per heavy atom. The van der Waals surface area contributed by atoms with Crippen molar-refractivity contribution in [3.05, 3.63) is 0 Å². The Labute approximate surface area is 163 Å². The summed E-state index contributed by atoms with van der Waals surface area (Å²) in [6.45, 7) is 2.63. The number of carbonyl (C=O) groups is 2. The molecule has 0 radical (unpaired) electrons. The molecular weight excluding hydrogens is 303 g/mol. The fourth-order valence-corrected chi connectivity index (χ4v) is 3.21. The average Bonchev–Trinajstić information content (AvgIpc) is 2.53. The fourth-order valence-electron chi connectivity index (χ4n) is 3.21. The minimum atomic E-state index is -1.10. The van der Waals surface area contributed by atoms with Gasteiger partial charge in [0.2, 0.25) is 0 Å². The molecule has 0 aliphatic heterocycles. The zero-order valence-electron chi connectivity index (χ0n) is 15.0. The number of carboxylic acid groups (broad SMARTS) is 1. The Hall–Kier alpha value is -0.0600. The molecule has 4 nitrogen and oxygen atoms in total. The molecule has 0 N–H and O–H groups in total. The van der Waals surface area contributed by atoms with Gasteiger partial charge >= 0.3 is 35.5 Å². The van der Waals surface area contributed by atoms with E-state index in [-0.39, 0.29) is 35.5 Å². The van der Waals surface area contributed by atoms with E-state index in [2.05, 4.69) is 6.92 Å². The average molecular weight is 334 g/mol. The van der Waals surface area contributed by atoms with Crippen LogP contribution in [0.3, 0.4) is 0 Å². The van der Waals surface area contributed by atoms with Crippen molar-refractivity contribution >= 4 is 11.9 Å². The molecule has 0 amide bonds. The summed E-state index contributed by atoms with van der Waals surface area (Å²) < 4.78 is 5.28. The summed E-state index contributed by atoms with van der Waals surface area (Å²) in [6, 6.07) is 0. The molecule has 0 heterocycles. The van der Waals surface area contributed by atoms with Gasteiger partial charge in [-0.05, 0) is 19.3 Å². The molecule has 2 atom stereocenters. The number of hydrogen-bond acceptors (Lipinski definition) is 4.